The van der Waals surface area contributed by atoms with E-state index in [1.54, 1.807) is 33.6 Å². The number of anilines is 2. The molecular weight excluding hydrogens is 767 g/mol. The number of rotatable bonds is 17. The number of ether oxygens (including phenoxy) is 2. The van der Waals surface area contributed by atoms with Gasteiger partial charge in [-0.25, -0.2) is 9.97 Å². The number of nitrogens with two attached hydrogens (primary N) is 2. The molecular formula is C42H51N13O5. The Morgan fingerprint density at radius 3 is 2.00 bits per heavy atom. The topological polar surface area (TPSA) is 220 Å². The van der Waals surface area contributed by atoms with E-state index in [-0.39, 0.29) is 24.0 Å². The molecule has 0 saturated carbocycles. The largest absolute Gasteiger partial charge is 0.491 e. The molecule has 3 amide bonds. The summed E-state index contributed by atoms with van der Waals surface area (Å²) in [6.45, 7) is 17.2. The summed E-state index contributed by atoms with van der Waals surface area (Å²) in [6, 6.07) is 12.2. The average Bonchev–Trinajstić information content (AvgIpc) is 4.00. The first-order valence-corrected chi connectivity index (χ1v) is 20.0. The second-order valence-electron chi connectivity index (χ2n) is 14.5. The Balaban J connectivity index is 1.22. The predicted octanol–water partition coefficient (Wildman–Crippen LogP) is 4.33. The van der Waals surface area contributed by atoms with E-state index in [0.717, 1.165) is 42.8 Å². The molecule has 1 saturated heterocycles. The maximum atomic E-state index is 13.8. The van der Waals surface area contributed by atoms with E-state index in [1.165, 1.54) is 0 Å². The van der Waals surface area contributed by atoms with E-state index in [2.05, 4.69) is 32.3 Å². The first-order chi connectivity index (χ1) is 28.9. The third-order valence-electron chi connectivity index (χ3n) is 10.3. The zero-order valence-corrected chi connectivity index (χ0v) is 34.4. The summed E-state index contributed by atoms with van der Waals surface area (Å²) in [7, 11) is 0. The zero-order valence-electron chi connectivity index (χ0n) is 34.4. The van der Waals surface area contributed by atoms with E-state index in [1.807, 2.05) is 67.2 Å². The lowest BCUT2D eigenvalue weighted by Crippen LogP contribution is -2.37. The monoisotopic (exact) mass is 817 g/mol. The van der Waals surface area contributed by atoms with Gasteiger partial charge in [0.15, 0.2) is 0 Å². The number of aryl methyl sites for hydroxylation is 4. The minimum Gasteiger partial charge on any atom is -0.491 e. The van der Waals surface area contributed by atoms with Gasteiger partial charge in [-0.2, -0.15) is 10.2 Å². The van der Waals surface area contributed by atoms with E-state index in [0.29, 0.717) is 90.5 Å². The summed E-state index contributed by atoms with van der Waals surface area (Å²) in [5.41, 5.74) is 17.7. The maximum absolute atomic E-state index is 13.8. The average molecular weight is 818 g/mol. The van der Waals surface area contributed by atoms with Crippen LogP contribution in [0.15, 0.2) is 61.2 Å². The lowest BCUT2D eigenvalue weighted by Gasteiger charge is -2.26. The predicted molar refractivity (Wildman–Crippen MR) is 229 cm³/mol. The summed E-state index contributed by atoms with van der Waals surface area (Å²) in [5.74, 6) is -0.408. The van der Waals surface area contributed by atoms with Crippen molar-refractivity contribution in [2.24, 2.45) is 11.5 Å². The lowest BCUT2D eigenvalue weighted by molar-refractivity contribution is 0.0358. The van der Waals surface area contributed by atoms with Gasteiger partial charge in [-0.3, -0.25) is 39.3 Å². The molecule has 18 nitrogen and oxygen atoms in total. The summed E-state index contributed by atoms with van der Waals surface area (Å²) in [6.07, 6.45) is 4.59. The molecule has 0 radical (unpaired) electrons. The number of nitrogens with one attached hydrogen (secondary N) is 2. The van der Waals surface area contributed by atoms with Crippen molar-refractivity contribution in [3.05, 3.63) is 95.1 Å². The molecule has 7 rings (SSSR count). The molecule has 2 aromatic carbocycles. The number of aromatic nitrogens is 8. The maximum Gasteiger partial charge on any atom is 0.276 e. The van der Waals surface area contributed by atoms with Gasteiger partial charge in [0, 0.05) is 57.1 Å². The molecule has 0 bridgehead atoms. The summed E-state index contributed by atoms with van der Waals surface area (Å²) >= 11 is 0. The van der Waals surface area contributed by atoms with Crippen molar-refractivity contribution < 1.29 is 23.9 Å². The summed E-state index contributed by atoms with van der Waals surface area (Å²) in [4.78, 5) is 51.8. The first-order valence-electron chi connectivity index (χ1n) is 20.0. The lowest BCUT2D eigenvalue weighted by atomic mass is 10.1. The molecule has 1 fully saturated rings. The minimum atomic E-state index is -0.634. The molecule has 0 spiro atoms. The SMILES string of the molecule is C=C(N)c1ccc2c(c1)nc(NC(=O)c1cc(C)nn1CC)n2C/C=C/Cn1c(NC(=O)c2cc(C)nn2CC)nc2cc(C(N)=O)cc(OCCCN3CCOCC3)c21. The van der Waals surface area contributed by atoms with Crippen LogP contribution in [0, 0.1) is 13.8 Å². The molecule has 6 N–H and O–H groups in total. The molecule has 60 heavy (non-hydrogen) atoms. The standard InChI is InChI=1S/C42H51N13O5/c1-6-54-34(21-26(3)49-54)39(57)47-41-45-31-23-29(28(5)43)11-12-33(31)52(41)14-8-9-15-53-37-32(46-42(53)48-40(58)35-22-27(4)50-55(35)7-2)24-30(38(44)56)25-36(37)60-18-10-13-51-16-19-59-20-17-51/h8-9,11-12,21-25H,5-7,10,13-20,43H2,1-4H3,(H2,44,56)(H,45,47,57)(H,46,48,58)/b9-8+. The summed E-state index contributed by atoms with van der Waals surface area (Å²) < 4.78 is 18.8. The number of allylic oxidation sites excluding steroid dienone is 2. The van der Waals surface area contributed by atoms with Crippen LogP contribution in [-0.2, 0) is 30.9 Å². The van der Waals surface area contributed by atoms with Gasteiger partial charge in [0.05, 0.1) is 47.8 Å². The number of carbonyl (C=O) groups excluding carboxylic acids is 3. The number of amides is 3. The van der Waals surface area contributed by atoms with Crippen LogP contribution in [0.2, 0.25) is 0 Å². The molecule has 18 heteroatoms. The number of hydrogen-bond donors (Lipinski definition) is 4. The van der Waals surface area contributed by atoms with Gasteiger partial charge in [0.25, 0.3) is 11.8 Å². The Hall–Kier alpha value is -6.79. The van der Waals surface area contributed by atoms with Gasteiger partial charge in [-0.15, -0.1) is 0 Å². The van der Waals surface area contributed by atoms with Gasteiger partial charge < -0.3 is 30.1 Å². The number of benzene rings is 2. The van der Waals surface area contributed by atoms with Crippen LogP contribution in [0.4, 0.5) is 11.9 Å². The van der Waals surface area contributed by atoms with Crippen LogP contribution in [0.25, 0.3) is 27.8 Å². The molecule has 1 aliphatic rings. The van der Waals surface area contributed by atoms with Crippen molar-refractivity contribution in [1.82, 2.24) is 43.6 Å². The molecule has 1 aliphatic heterocycles. The van der Waals surface area contributed by atoms with E-state index < -0.39 is 11.8 Å². The number of primary amides is 1. The van der Waals surface area contributed by atoms with Gasteiger partial charge in [-0.1, -0.05) is 24.8 Å². The Labute approximate surface area is 346 Å². The van der Waals surface area contributed by atoms with Crippen molar-refractivity contribution in [1.29, 1.82) is 0 Å². The highest BCUT2D eigenvalue weighted by atomic mass is 16.5. The Morgan fingerprint density at radius 2 is 1.40 bits per heavy atom. The fourth-order valence-corrected chi connectivity index (χ4v) is 7.29. The van der Waals surface area contributed by atoms with Gasteiger partial charge >= 0.3 is 0 Å². The molecule has 4 aromatic heterocycles. The molecule has 0 aliphatic carbocycles. The third kappa shape index (κ3) is 8.93. The van der Waals surface area contributed by atoms with Crippen LogP contribution in [0.1, 0.15) is 68.6 Å². The number of fused-ring (bicyclic) bond motifs is 2. The first kappa shape index (κ1) is 41.4. The fourth-order valence-electron chi connectivity index (χ4n) is 7.29. The Kier molecular flexibility index (Phi) is 12.4. The van der Waals surface area contributed by atoms with Gasteiger partial charge in [-0.05, 0) is 76.1 Å². The molecule has 5 heterocycles. The number of morpholine rings is 1. The smallest absolute Gasteiger partial charge is 0.276 e. The van der Waals surface area contributed by atoms with E-state index >= 15 is 0 Å². The van der Waals surface area contributed by atoms with Gasteiger partial charge in [0.1, 0.15) is 22.7 Å². The van der Waals surface area contributed by atoms with E-state index in [4.69, 9.17) is 30.9 Å². The van der Waals surface area contributed by atoms with Crippen molar-refractivity contribution in [2.75, 3.05) is 50.1 Å². The number of imidazole rings is 2. The third-order valence-corrected chi connectivity index (χ3v) is 10.3. The highest BCUT2D eigenvalue weighted by molar-refractivity contribution is 6.05. The Bertz CT molecular complexity index is 2610. The number of hydrogen-bond acceptors (Lipinski definition) is 11. The second-order valence-corrected chi connectivity index (χ2v) is 14.5. The quantitative estimate of drug-likeness (QED) is 0.0750. The van der Waals surface area contributed by atoms with Crippen molar-refractivity contribution >= 4 is 57.4 Å². The highest BCUT2D eigenvalue weighted by Gasteiger charge is 2.23. The van der Waals surface area contributed by atoms with Crippen LogP contribution in [0.3, 0.4) is 0 Å². The minimum absolute atomic E-state index is 0.225. The second kappa shape index (κ2) is 18.0. The number of nitrogens with zero attached hydrogens (tertiary/aromatic N) is 9. The molecule has 0 atom stereocenters. The van der Waals surface area contributed by atoms with Crippen LogP contribution in [0.5, 0.6) is 5.75 Å². The van der Waals surface area contributed by atoms with E-state index in [9.17, 15) is 14.4 Å². The van der Waals surface area contributed by atoms with Crippen molar-refractivity contribution in [2.45, 2.75) is 60.3 Å². The van der Waals surface area contributed by atoms with Crippen LogP contribution >= 0.6 is 0 Å². The zero-order chi connectivity index (χ0) is 42.5. The number of carbonyl (C=O) groups is 3. The Morgan fingerprint density at radius 1 is 0.817 bits per heavy atom. The fraction of sp³-hybridized carbons (Fsp3) is 0.357. The van der Waals surface area contributed by atoms with Crippen LogP contribution < -0.4 is 26.8 Å². The van der Waals surface area contributed by atoms with Crippen molar-refractivity contribution in [3.8, 4) is 5.75 Å². The normalized spacial score (nSPS) is 13.4. The highest BCUT2D eigenvalue weighted by Crippen LogP contribution is 2.32. The molecule has 314 valence electrons. The van der Waals surface area contributed by atoms with Crippen LogP contribution in [-0.4, -0.2) is 101 Å². The van der Waals surface area contributed by atoms with Crippen molar-refractivity contribution in [3.63, 3.8) is 0 Å². The summed E-state index contributed by atoms with van der Waals surface area (Å²) in [5, 5.41) is 14.8. The molecule has 0 unspecified atom stereocenters. The van der Waals surface area contributed by atoms with Gasteiger partial charge in [0.2, 0.25) is 17.8 Å². The molecule has 6 aromatic rings.